The molecule has 0 amide bonds. The molecule has 132 valence electrons. The molecule has 2 aromatic rings. The molecule has 1 aliphatic heterocycles. The van der Waals surface area contributed by atoms with Crippen LogP contribution in [0.2, 0.25) is 0 Å². The number of halogens is 1. The first-order valence-electron chi connectivity index (χ1n) is 7.85. The zero-order chi connectivity index (χ0) is 17.6. The lowest BCUT2D eigenvalue weighted by atomic mass is 10.1. The highest BCUT2D eigenvalue weighted by molar-refractivity contribution is 5.77. The second kappa shape index (κ2) is 7.85. The maximum atomic E-state index is 13.7. The summed E-state index contributed by atoms with van der Waals surface area (Å²) in [6, 6.07) is 10.5. The van der Waals surface area contributed by atoms with Crippen LogP contribution in [0.4, 0.5) is 4.39 Å². The van der Waals surface area contributed by atoms with E-state index in [1.807, 2.05) is 24.3 Å². The van der Waals surface area contributed by atoms with Gasteiger partial charge in [0.15, 0.2) is 12.8 Å². The second-order valence-electron chi connectivity index (χ2n) is 5.53. The van der Waals surface area contributed by atoms with Crippen LogP contribution in [0.15, 0.2) is 41.4 Å². The average Bonchev–Trinajstić information content (AvgIpc) is 2.64. The maximum Gasteiger partial charge on any atom is 0.189 e. The van der Waals surface area contributed by atoms with Crippen molar-refractivity contribution >= 4 is 5.96 Å². The molecule has 7 heteroatoms. The van der Waals surface area contributed by atoms with Crippen LogP contribution in [-0.2, 0) is 24.4 Å². The molecule has 0 atom stereocenters. The molecule has 0 fully saturated rings. The molecule has 0 unspecified atom stereocenters. The number of rotatable bonds is 5. The molecular formula is C18H20FN3O3. The zero-order valence-electron chi connectivity index (χ0n) is 13.9. The van der Waals surface area contributed by atoms with Gasteiger partial charge in [0.1, 0.15) is 17.3 Å². The Morgan fingerprint density at radius 3 is 3.00 bits per heavy atom. The number of ether oxygens (including phenoxy) is 3. The summed E-state index contributed by atoms with van der Waals surface area (Å²) in [5.41, 5.74) is 8.20. The van der Waals surface area contributed by atoms with Gasteiger partial charge in [-0.1, -0.05) is 18.2 Å². The Balaban J connectivity index is 1.67. The predicted molar refractivity (Wildman–Crippen MR) is 91.8 cm³/mol. The molecule has 0 radical (unpaired) electrons. The second-order valence-corrected chi connectivity index (χ2v) is 5.53. The predicted octanol–water partition coefficient (Wildman–Crippen LogP) is 2.31. The van der Waals surface area contributed by atoms with Gasteiger partial charge in [-0.05, 0) is 18.2 Å². The zero-order valence-corrected chi connectivity index (χ0v) is 13.9. The third-order valence-electron chi connectivity index (χ3n) is 3.82. The molecule has 0 saturated heterocycles. The van der Waals surface area contributed by atoms with Crippen LogP contribution in [0.1, 0.15) is 16.7 Å². The molecule has 3 N–H and O–H groups in total. The molecule has 1 heterocycles. The number of nitrogens with zero attached hydrogens (tertiary/aromatic N) is 1. The molecule has 1 aliphatic rings. The Morgan fingerprint density at radius 2 is 2.16 bits per heavy atom. The van der Waals surface area contributed by atoms with Crippen LogP contribution < -0.4 is 20.5 Å². The van der Waals surface area contributed by atoms with E-state index in [4.69, 9.17) is 19.9 Å². The van der Waals surface area contributed by atoms with E-state index in [0.29, 0.717) is 30.0 Å². The number of nitrogens with one attached hydrogen (secondary N) is 1. The summed E-state index contributed by atoms with van der Waals surface area (Å²) >= 11 is 0. The fraction of sp³-hybridized carbons (Fsp3) is 0.278. The number of nitrogens with two attached hydrogens (primary N) is 1. The smallest absolute Gasteiger partial charge is 0.189 e. The highest BCUT2D eigenvalue weighted by Crippen LogP contribution is 2.29. The van der Waals surface area contributed by atoms with Crippen molar-refractivity contribution in [3.63, 3.8) is 0 Å². The van der Waals surface area contributed by atoms with Gasteiger partial charge in [-0.25, -0.2) is 9.38 Å². The fourth-order valence-corrected chi connectivity index (χ4v) is 2.64. The van der Waals surface area contributed by atoms with Gasteiger partial charge in [0, 0.05) is 23.2 Å². The van der Waals surface area contributed by atoms with Crippen LogP contribution in [-0.4, -0.2) is 19.9 Å². The van der Waals surface area contributed by atoms with Crippen molar-refractivity contribution in [2.45, 2.75) is 19.7 Å². The number of hydrogen-bond donors (Lipinski definition) is 2. The van der Waals surface area contributed by atoms with Gasteiger partial charge in [-0.15, -0.1) is 0 Å². The normalized spacial score (nSPS) is 13.8. The number of hydrogen-bond acceptors (Lipinski definition) is 4. The lowest BCUT2D eigenvalue weighted by Gasteiger charge is -2.20. The summed E-state index contributed by atoms with van der Waals surface area (Å²) in [7, 11) is 1.62. The number of methoxy groups -OCH3 is 1. The van der Waals surface area contributed by atoms with E-state index in [1.54, 1.807) is 7.11 Å². The van der Waals surface area contributed by atoms with Gasteiger partial charge >= 0.3 is 0 Å². The molecule has 0 spiro atoms. The summed E-state index contributed by atoms with van der Waals surface area (Å²) < 4.78 is 29.6. The molecule has 0 saturated carbocycles. The first-order valence-corrected chi connectivity index (χ1v) is 7.85. The highest BCUT2D eigenvalue weighted by Gasteiger charge is 2.16. The topological polar surface area (TPSA) is 78.1 Å². The standard InChI is InChI=1S/C18H20FN3O3/c1-23-16-5-3-2-4-12(16)8-21-18(20)22-9-13-6-15(19)7-14-10-24-11-25-17(13)14/h2-7H,8-11H2,1H3,(H3,20,21,22). The summed E-state index contributed by atoms with van der Waals surface area (Å²) in [5, 5.41) is 3.03. The molecule has 2 aromatic carbocycles. The van der Waals surface area contributed by atoms with Gasteiger partial charge in [-0.2, -0.15) is 0 Å². The van der Waals surface area contributed by atoms with Gasteiger partial charge < -0.3 is 25.3 Å². The third kappa shape index (κ3) is 4.19. The van der Waals surface area contributed by atoms with Crippen LogP contribution in [0.5, 0.6) is 11.5 Å². The third-order valence-corrected chi connectivity index (χ3v) is 3.82. The van der Waals surface area contributed by atoms with Gasteiger partial charge in [-0.3, -0.25) is 0 Å². The monoisotopic (exact) mass is 345 g/mol. The van der Waals surface area contributed by atoms with Crippen molar-refractivity contribution in [1.29, 1.82) is 0 Å². The Labute approximate surface area is 145 Å². The number of para-hydroxylation sites is 1. The molecule has 0 bridgehead atoms. The van der Waals surface area contributed by atoms with E-state index >= 15 is 0 Å². The Bertz CT molecular complexity index is 780. The molecule has 3 rings (SSSR count). The Morgan fingerprint density at radius 1 is 1.32 bits per heavy atom. The largest absolute Gasteiger partial charge is 0.496 e. The van der Waals surface area contributed by atoms with Crippen molar-refractivity contribution in [2.24, 2.45) is 10.7 Å². The van der Waals surface area contributed by atoms with Crippen molar-refractivity contribution in [3.8, 4) is 11.5 Å². The molecule has 25 heavy (non-hydrogen) atoms. The summed E-state index contributed by atoms with van der Waals surface area (Å²) in [6.45, 7) is 1.16. The molecule has 0 aromatic heterocycles. The minimum atomic E-state index is -0.349. The van der Waals surface area contributed by atoms with Crippen molar-refractivity contribution in [3.05, 3.63) is 58.9 Å². The average molecular weight is 345 g/mol. The lowest BCUT2D eigenvalue weighted by molar-refractivity contribution is -0.0172. The minimum absolute atomic E-state index is 0.150. The quantitative estimate of drug-likeness (QED) is 0.642. The fourth-order valence-electron chi connectivity index (χ4n) is 2.64. The van der Waals surface area contributed by atoms with Crippen molar-refractivity contribution < 1.29 is 18.6 Å². The number of aliphatic imine (C=N–C) groups is 1. The van der Waals surface area contributed by atoms with Crippen LogP contribution in [0.3, 0.4) is 0 Å². The van der Waals surface area contributed by atoms with E-state index in [-0.39, 0.29) is 25.1 Å². The van der Waals surface area contributed by atoms with Crippen LogP contribution in [0.25, 0.3) is 0 Å². The van der Waals surface area contributed by atoms with E-state index in [0.717, 1.165) is 11.3 Å². The number of benzene rings is 2. The first-order chi connectivity index (χ1) is 12.2. The highest BCUT2D eigenvalue weighted by atomic mass is 19.1. The van der Waals surface area contributed by atoms with Gasteiger partial charge in [0.25, 0.3) is 0 Å². The van der Waals surface area contributed by atoms with Gasteiger partial charge in [0.2, 0.25) is 0 Å². The first kappa shape index (κ1) is 17.0. The van der Waals surface area contributed by atoms with E-state index in [2.05, 4.69) is 10.3 Å². The summed E-state index contributed by atoms with van der Waals surface area (Å²) in [6.07, 6.45) is 0. The Kier molecular flexibility index (Phi) is 5.35. The number of guanidine groups is 1. The van der Waals surface area contributed by atoms with Crippen molar-refractivity contribution in [1.82, 2.24) is 5.32 Å². The van der Waals surface area contributed by atoms with Gasteiger partial charge in [0.05, 0.1) is 20.3 Å². The minimum Gasteiger partial charge on any atom is -0.496 e. The summed E-state index contributed by atoms with van der Waals surface area (Å²) in [4.78, 5) is 4.27. The van der Waals surface area contributed by atoms with Crippen LogP contribution >= 0.6 is 0 Å². The summed E-state index contributed by atoms with van der Waals surface area (Å²) in [5.74, 6) is 1.30. The van der Waals surface area contributed by atoms with E-state index in [1.165, 1.54) is 12.1 Å². The van der Waals surface area contributed by atoms with E-state index in [9.17, 15) is 4.39 Å². The maximum absolute atomic E-state index is 13.7. The molecule has 0 aliphatic carbocycles. The van der Waals surface area contributed by atoms with E-state index < -0.39 is 0 Å². The lowest BCUT2D eigenvalue weighted by Crippen LogP contribution is -2.31. The Hall–Kier alpha value is -2.80. The number of fused-ring (bicyclic) bond motifs is 1. The molecular weight excluding hydrogens is 325 g/mol. The van der Waals surface area contributed by atoms with Crippen LogP contribution in [0, 0.1) is 5.82 Å². The molecule has 6 nitrogen and oxygen atoms in total. The SMILES string of the molecule is COc1ccccc1CNC(N)=NCc1cc(F)cc2c1OCOC2. The van der Waals surface area contributed by atoms with Crippen molar-refractivity contribution in [2.75, 3.05) is 13.9 Å².